The molecule has 4 heteroatoms. The molecule has 1 aromatic rings. The number of anilines is 1. The molecule has 0 aliphatic carbocycles. The SMILES string of the molecule is O=C1Nc2ccc(C=CCCO)cc2C1=O. The number of carbonyl (C=O) groups excluding carboxylic acids is 2. The van der Waals surface area contributed by atoms with E-state index in [-0.39, 0.29) is 6.61 Å². The van der Waals surface area contributed by atoms with Crippen molar-refractivity contribution in [3.8, 4) is 0 Å². The molecule has 1 aromatic carbocycles. The van der Waals surface area contributed by atoms with Crippen LogP contribution in [0.25, 0.3) is 6.08 Å². The van der Waals surface area contributed by atoms with Crippen LogP contribution in [0.1, 0.15) is 22.3 Å². The summed E-state index contributed by atoms with van der Waals surface area (Å²) in [5.41, 5.74) is 1.82. The molecule has 0 saturated heterocycles. The molecular formula is C12H11NO3. The van der Waals surface area contributed by atoms with Crippen LogP contribution in [-0.4, -0.2) is 23.4 Å². The number of aliphatic hydroxyl groups is 1. The highest BCUT2D eigenvalue weighted by molar-refractivity contribution is 6.51. The molecule has 0 fully saturated rings. The van der Waals surface area contributed by atoms with E-state index in [4.69, 9.17) is 5.11 Å². The third-order valence-corrected chi connectivity index (χ3v) is 2.35. The number of rotatable bonds is 3. The summed E-state index contributed by atoms with van der Waals surface area (Å²) in [5, 5.41) is 11.1. The van der Waals surface area contributed by atoms with Crippen molar-refractivity contribution in [2.75, 3.05) is 11.9 Å². The lowest BCUT2D eigenvalue weighted by Gasteiger charge is -1.98. The van der Waals surface area contributed by atoms with Gasteiger partial charge in [-0.2, -0.15) is 0 Å². The minimum Gasteiger partial charge on any atom is -0.396 e. The van der Waals surface area contributed by atoms with Gasteiger partial charge < -0.3 is 10.4 Å². The lowest BCUT2D eigenvalue weighted by molar-refractivity contribution is -0.112. The maximum atomic E-state index is 11.4. The molecule has 0 saturated carbocycles. The molecular weight excluding hydrogens is 206 g/mol. The van der Waals surface area contributed by atoms with Gasteiger partial charge in [0.25, 0.3) is 11.7 Å². The Morgan fingerprint density at radius 1 is 1.31 bits per heavy atom. The first-order valence-corrected chi connectivity index (χ1v) is 4.99. The van der Waals surface area contributed by atoms with Crippen molar-refractivity contribution in [3.05, 3.63) is 35.4 Å². The Hall–Kier alpha value is -1.94. The zero-order valence-corrected chi connectivity index (χ0v) is 8.56. The van der Waals surface area contributed by atoms with E-state index in [2.05, 4.69) is 5.32 Å². The smallest absolute Gasteiger partial charge is 0.296 e. The van der Waals surface area contributed by atoms with Gasteiger partial charge in [-0.3, -0.25) is 9.59 Å². The monoisotopic (exact) mass is 217 g/mol. The third-order valence-electron chi connectivity index (χ3n) is 2.35. The first-order chi connectivity index (χ1) is 7.72. The van der Waals surface area contributed by atoms with Gasteiger partial charge in [0, 0.05) is 6.61 Å². The van der Waals surface area contributed by atoms with Gasteiger partial charge >= 0.3 is 0 Å². The van der Waals surface area contributed by atoms with Crippen LogP contribution in [0, 0.1) is 0 Å². The van der Waals surface area contributed by atoms with Gasteiger partial charge in [-0.25, -0.2) is 0 Å². The molecule has 0 radical (unpaired) electrons. The van der Waals surface area contributed by atoms with Crippen LogP contribution in [0.4, 0.5) is 5.69 Å². The lowest BCUT2D eigenvalue weighted by atomic mass is 10.1. The second-order valence-corrected chi connectivity index (χ2v) is 3.50. The van der Waals surface area contributed by atoms with Crippen molar-refractivity contribution in [1.29, 1.82) is 0 Å². The summed E-state index contributed by atoms with van der Waals surface area (Å²) in [6.45, 7) is 0.0976. The lowest BCUT2D eigenvalue weighted by Crippen LogP contribution is -2.12. The summed E-state index contributed by atoms with van der Waals surface area (Å²) in [4.78, 5) is 22.5. The van der Waals surface area contributed by atoms with Crippen molar-refractivity contribution in [2.45, 2.75) is 6.42 Å². The highest BCUT2D eigenvalue weighted by Crippen LogP contribution is 2.24. The molecule has 4 nitrogen and oxygen atoms in total. The van der Waals surface area contributed by atoms with E-state index in [0.717, 1.165) is 5.56 Å². The highest BCUT2D eigenvalue weighted by atomic mass is 16.2. The number of carbonyl (C=O) groups is 2. The van der Waals surface area contributed by atoms with Gasteiger partial charge in [-0.05, 0) is 24.1 Å². The number of aliphatic hydroxyl groups excluding tert-OH is 1. The van der Waals surface area contributed by atoms with Gasteiger partial charge in [-0.1, -0.05) is 18.2 Å². The third kappa shape index (κ3) is 1.87. The maximum absolute atomic E-state index is 11.4. The van der Waals surface area contributed by atoms with Crippen LogP contribution in [-0.2, 0) is 4.79 Å². The number of nitrogens with one attached hydrogen (secondary N) is 1. The fraction of sp³-hybridized carbons (Fsp3) is 0.167. The number of amides is 1. The Labute approximate surface area is 92.6 Å². The minimum atomic E-state index is -0.577. The Morgan fingerprint density at radius 3 is 2.88 bits per heavy atom. The molecule has 1 amide bonds. The first-order valence-electron chi connectivity index (χ1n) is 4.99. The van der Waals surface area contributed by atoms with E-state index < -0.39 is 11.7 Å². The Bertz CT molecular complexity index is 477. The van der Waals surface area contributed by atoms with Crippen molar-refractivity contribution in [3.63, 3.8) is 0 Å². The summed E-state index contributed by atoms with van der Waals surface area (Å²) >= 11 is 0. The number of hydrogen-bond acceptors (Lipinski definition) is 3. The summed E-state index contributed by atoms with van der Waals surface area (Å²) in [7, 11) is 0. The average molecular weight is 217 g/mol. The second kappa shape index (κ2) is 4.28. The molecule has 2 rings (SSSR count). The zero-order valence-electron chi connectivity index (χ0n) is 8.56. The first kappa shape index (κ1) is 10.6. The molecule has 16 heavy (non-hydrogen) atoms. The Morgan fingerprint density at radius 2 is 2.12 bits per heavy atom. The molecule has 0 spiro atoms. The van der Waals surface area contributed by atoms with E-state index in [1.807, 2.05) is 18.2 Å². The molecule has 0 atom stereocenters. The van der Waals surface area contributed by atoms with Crippen LogP contribution >= 0.6 is 0 Å². The van der Waals surface area contributed by atoms with Gasteiger partial charge in [0.05, 0.1) is 11.3 Å². The van der Waals surface area contributed by atoms with E-state index in [1.165, 1.54) is 0 Å². The number of ketones is 1. The van der Waals surface area contributed by atoms with E-state index >= 15 is 0 Å². The second-order valence-electron chi connectivity index (χ2n) is 3.50. The molecule has 1 aliphatic heterocycles. The standard InChI is InChI=1S/C12H11NO3/c14-6-2-1-3-8-4-5-10-9(7-8)11(15)12(16)13-10/h1,3-5,7,14H,2,6H2,(H,13,15,16). The average Bonchev–Trinajstić information content (AvgIpc) is 2.56. The minimum absolute atomic E-state index is 0.0976. The van der Waals surface area contributed by atoms with Crippen molar-refractivity contribution in [2.24, 2.45) is 0 Å². The van der Waals surface area contributed by atoms with Crippen LogP contribution in [0.15, 0.2) is 24.3 Å². The fourth-order valence-corrected chi connectivity index (χ4v) is 1.56. The Balaban J connectivity index is 2.27. The fourth-order valence-electron chi connectivity index (χ4n) is 1.56. The zero-order chi connectivity index (χ0) is 11.5. The van der Waals surface area contributed by atoms with Gasteiger partial charge in [0.2, 0.25) is 0 Å². The van der Waals surface area contributed by atoms with Crippen molar-refractivity contribution >= 4 is 23.5 Å². The van der Waals surface area contributed by atoms with E-state index in [0.29, 0.717) is 17.7 Å². The number of benzene rings is 1. The van der Waals surface area contributed by atoms with Crippen molar-refractivity contribution < 1.29 is 14.7 Å². The highest BCUT2D eigenvalue weighted by Gasteiger charge is 2.27. The largest absolute Gasteiger partial charge is 0.396 e. The van der Waals surface area contributed by atoms with Gasteiger partial charge in [0.15, 0.2) is 0 Å². The van der Waals surface area contributed by atoms with Gasteiger partial charge in [-0.15, -0.1) is 0 Å². The quantitative estimate of drug-likeness (QED) is 0.748. The maximum Gasteiger partial charge on any atom is 0.296 e. The van der Waals surface area contributed by atoms with Crippen LogP contribution < -0.4 is 5.32 Å². The summed E-state index contributed by atoms with van der Waals surface area (Å²) in [5.74, 6) is -1.07. The molecule has 82 valence electrons. The van der Waals surface area contributed by atoms with Crippen LogP contribution in [0.3, 0.4) is 0 Å². The molecule has 0 bridgehead atoms. The molecule has 1 heterocycles. The van der Waals surface area contributed by atoms with Gasteiger partial charge in [0.1, 0.15) is 0 Å². The molecule has 1 aliphatic rings. The number of Topliss-reactive ketones (excluding diaryl/α,β-unsaturated/α-hetero) is 1. The van der Waals surface area contributed by atoms with Crippen LogP contribution in [0.5, 0.6) is 0 Å². The topological polar surface area (TPSA) is 66.4 Å². The Kier molecular flexibility index (Phi) is 2.83. The molecule has 0 aromatic heterocycles. The predicted molar refractivity (Wildman–Crippen MR) is 60.1 cm³/mol. The molecule has 2 N–H and O–H groups in total. The molecule has 0 unspecified atom stereocenters. The van der Waals surface area contributed by atoms with Crippen LogP contribution in [0.2, 0.25) is 0 Å². The predicted octanol–water partition coefficient (Wildman–Crippen LogP) is 1.22. The number of fused-ring (bicyclic) bond motifs is 1. The van der Waals surface area contributed by atoms with Crippen molar-refractivity contribution in [1.82, 2.24) is 0 Å². The number of hydrogen-bond donors (Lipinski definition) is 2. The summed E-state index contributed by atoms with van der Waals surface area (Å²) in [6.07, 6.45) is 4.20. The van der Waals surface area contributed by atoms with E-state index in [1.54, 1.807) is 12.1 Å². The van der Waals surface area contributed by atoms with E-state index in [9.17, 15) is 9.59 Å². The summed E-state index contributed by atoms with van der Waals surface area (Å²) in [6, 6.07) is 5.19. The normalized spacial score (nSPS) is 14.3. The summed E-state index contributed by atoms with van der Waals surface area (Å²) < 4.78 is 0.